The number of nitrogens with zero attached hydrogens (tertiary/aromatic N) is 4. The Hall–Kier alpha value is -3.01. The van der Waals surface area contributed by atoms with Gasteiger partial charge in [-0.15, -0.1) is 0 Å². The number of hydrogen-bond acceptors (Lipinski definition) is 7. The molecular formula is C20H21BrN6O3. The highest BCUT2D eigenvalue weighted by molar-refractivity contribution is 9.10. The molecule has 3 heterocycles. The van der Waals surface area contributed by atoms with Crippen molar-refractivity contribution in [3.63, 3.8) is 0 Å². The zero-order valence-electron chi connectivity index (χ0n) is 16.8. The van der Waals surface area contributed by atoms with Gasteiger partial charge in [-0.3, -0.25) is 4.79 Å². The summed E-state index contributed by atoms with van der Waals surface area (Å²) in [6.07, 6.45) is 0.250. The van der Waals surface area contributed by atoms with Crippen LogP contribution in [-0.2, 0) is 4.74 Å². The predicted octanol–water partition coefficient (Wildman–Crippen LogP) is 3.69. The van der Waals surface area contributed by atoms with E-state index in [0.717, 1.165) is 21.8 Å². The first-order valence-electron chi connectivity index (χ1n) is 9.63. The van der Waals surface area contributed by atoms with Gasteiger partial charge in [0, 0.05) is 15.6 Å². The van der Waals surface area contributed by atoms with Crippen LogP contribution in [0.5, 0.6) is 0 Å². The summed E-state index contributed by atoms with van der Waals surface area (Å²) in [5.74, 6) is 0.983. The molecule has 1 saturated heterocycles. The second kappa shape index (κ2) is 8.02. The highest BCUT2D eigenvalue weighted by Crippen LogP contribution is 2.24. The van der Waals surface area contributed by atoms with Crippen molar-refractivity contribution in [1.82, 2.24) is 19.9 Å². The number of hydrogen-bond donors (Lipinski definition) is 2. The Morgan fingerprint density at radius 3 is 2.87 bits per heavy atom. The minimum Gasteiger partial charge on any atom is -0.447 e. The maximum atomic E-state index is 12.6. The number of H-pyrrole nitrogens is 1. The minimum atomic E-state index is -0.469. The van der Waals surface area contributed by atoms with Crippen molar-refractivity contribution in [2.24, 2.45) is 0 Å². The van der Waals surface area contributed by atoms with Crippen molar-refractivity contribution < 1.29 is 9.53 Å². The number of aryl methyl sites for hydroxylation is 1. The molecule has 0 aliphatic carbocycles. The molecule has 1 aliphatic rings. The molecule has 2 atom stereocenters. The molecule has 4 rings (SSSR count). The predicted molar refractivity (Wildman–Crippen MR) is 117 cm³/mol. The smallest absolute Gasteiger partial charge is 0.417 e. The molecule has 0 radical (unpaired) electrons. The van der Waals surface area contributed by atoms with E-state index < -0.39 is 6.09 Å². The van der Waals surface area contributed by atoms with Gasteiger partial charge >= 0.3 is 6.09 Å². The van der Waals surface area contributed by atoms with Gasteiger partial charge in [-0.25, -0.2) is 9.69 Å². The molecule has 0 saturated carbocycles. The number of fused-ring (bicyclic) bond motifs is 1. The number of pyridine rings is 1. The van der Waals surface area contributed by atoms with Gasteiger partial charge in [0.1, 0.15) is 12.4 Å². The Kier molecular flexibility index (Phi) is 5.42. The number of ether oxygens (including phenoxy) is 1. The van der Waals surface area contributed by atoms with Gasteiger partial charge in [0.25, 0.3) is 5.56 Å². The van der Waals surface area contributed by atoms with E-state index in [-0.39, 0.29) is 29.5 Å². The summed E-state index contributed by atoms with van der Waals surface area (Å²) < 4.78 is 6.06. The van der Waals surface area contributed by atoms with E-state index in [1.165, 1.54) is 4.90 Å². The summed E-state index contributed by atoms with van der Waals surface area (Å²) in [5, 5.41) is 4.07. The number of cyclic esters (lactones) is 1. The van der Waals surface area contributed by atoms with E-state index in [1.54, 1.807) is 6.92 Å². The molecule has 3 aromatic rings. The van der Waals surface area contributed by atoms with E-state index >= 15 is 0 Å². The first kappa shape index (κ1) is 20.3. The standard InChI is InChI=1S/C20H21BrN6O3/c1-4-14-9-30-20(29)27(14)19-24-11(3)23-18(26-19)22-10(2)15-8-12-7-13(21)5-6-16(12)25-17(15)28/h5-8,10,14H,4,9H2,1-3H3,(H,25,28)(H,22,23,24,26)/t10-,14+/m1/s1. The first-order chi connectivity index (χ1) is 14.4. The number of anilines is 2. The molecule has 1 amide bonds. The Morgan fingerprint density at radius 1 is 1.30 bits per heavy atom. The molecule has 156 valence electrons. The largest absolute Gasteiger partial charge is 0.447 e. The Labute approximate surface area is 181 Å². The zero-order valence-corrected chi connectivity index (χ0v) is 18.4. The molecule has 0 spiro atoms. The van der Waals surface area contributed by atoms with Gasteiger partial charge in [0.2, 0.25) is 11.9 Å². The van der Waals surface area contributed by atoms with Crippen LogP contribution in [0.4, 0.5) is 16.7 Å². The molecule has 10 heteroatoms. The lowest BCUT2D eigenvalue weighted by molar-refractivity contribution is 0.178. The number of aromatic amines is 1. The summed E-state index contributed by atoms with van der Waals surface area (Å²) in [6.45, 7) is 5.86. The number of amides is 1. The monoisotopic (exact) mass is 472 g/mol. The minimum absolute atomic E-state index is 0.119. The van der Waals surface area contributed by atoms with Crippen LogP contribution in [0.25, 0.3) is 10.9 Å². The highest BCUT2D eigenvalue weighted by atomic mass is 79.9. The molecule has 0 unspecified atom stereocenters. The normalized spacial score (nSPS) is 17.3. The number of nitrogens with one attached hydrogen (secondary N) is 2. The van der Waals surface area contributed by atoms with E-state index in [4.69, 9.17) is 4.74 Å². The average Bonchev–Trinajstić information content (AvgIpc) is 3.07. The van der Waals surface area contributed by atoms with Gasteiger partial charge < -0.3 is 15.0 Å². The number of rotatable bonds is 5. The molecule has 1 fully saturated rings. The van der Waals surface area contributed by atoms with Gasteiger partial charge in [-0.1, -0.05) is 22.9 Å². The summed E-state index contributed by atoms with van der Waals surface area (Å²) in [7, 11) is 0. The van der Waals surface area contributed by atoms with Crippen molar-refractivity contribution in [2.75, 3.05) is 16.8 Å². The van der Waals surface area contributed by atoms with Crippen LogP contribution in [0.1, 0.15) is 37.7 Å². The van der Waals surface area contributed by atoms with Crippen LogP contribution in [0.3, 0.4) is 0 Å². The van der Waals surface area contributed by atoms with Crippen molar-refractivity contribution >= 4 is 44.8 Å². The quantitative estimate of drug-likeness (QED) is 0.581. The van der Waals surface area contributed by atoms with Crippen molar-refractivity contribution in [3.8, 4) is 0 Å². The number of benzene rings is 1. The molecular weight excluding hydrogens is 452 g/mol. The lowest BCUT2D eigenvalue weighted by Gasteiger charge is -2.20. The average molecular weight is 473 g/mol. The fourth-order valence-corrected chi connectivity index (χ4v) is 3.81. The molecule has 2 N–H and O–H groups in total. The van der Waals surface area contributed by atoms with Gasteiger partial charge in [0.05, 0.1) is 12.1 Å². The van der Waals surface area contributed by atoms with Crippen LogP contribution in [0.15, 0.2) is 33.5 Å². The lowest BCUT2D eigenvalue weighted by atomic mass is 10.1. The SMILES string of the molecule is CC[C@H]1COC(=O)N1c1nc(C)nc(N[C@H](C)c2cc3cc(Br)ccc3[nH]c2=O)n1. The van der Waals surface area contributed by atoms with Crippen LogP contribution in [-0.4, -0.2) is 38.7 Å². The summed E-state index contributed by atoms with van der Waals surface area (Å²) >= 11 is 3.45. The van der Waals surface area contributed by atoms with E-state index in [9.17, 15) is 9.59 Å². The lowest BCUT2D eigenvalue weighted by Crippen LogP contribution is -2.35. The summed E-state index contributed by atoms with van der Waals surface area (Å²) in [6, 6.07) is 7.02. The van der Waals surface area contributed by atoms with Crippen LogP contribution < -0.4 is 15.8 Å². The fraction of sp³-hybridized carbons (Fsp3) is 0.350. The van der Waals surface area contributed by atoms with Crippen LogP contribution in [0.2, 0.25) is 0 Å². The Morgan fingerprint density at radius 2 is 2.10 bits per heavy atom. The summed E-state index contributed by atoms with van der Waals surface area (Å²) in [5.41, 5.74) is 1.12. The Bertz CT molecular complexity index is 1180. The Balaban J connectivity index is 1.65. The van der Waals surface area contributed by atoms with Gasteiger partial charge in [-0.05, 0) is 49.9 Å². The van der Waals surface area contributed by atoms with Crippen LogP contribution in [0, 0.1) is 6.92 Å². The first-order valence-corrected chi connectivity index (χ1v) is 10.4. The second-order valence-electron chi connectivity index (χ2n) is 7.17. The van der Waals surface area contributed by atoms with Gasteiger partial charge in [-0.2, -0.15) is 15.0 Å². The molecule has 0 bridgehead atoms. The maximum absolute atomic E-state index is 12.6. The zero-order chi connectivity index (χ0) is 21.4. The molecule has 1 aliphatic heterocycles. The third-order valence-electron chi connectivity index (χ3n) is 5.03. The number of halogens is 1. The van der Waals surface area contributed by atoms with E-state index in [2.05, 4.69) is 41.2 Å². The van der Waals surface area contributed by atoms with E-state index in [0.29, 0.717) is 18.0 Å². The highest BCUT2D eigenvalue weighted by Gasteiger charge is 2.35. The topological polar surface area (TPSA) is 113 Å². The second-order valence-corrected chi connectivity index (χ2v) is 8.08. The number of carbonyl (C=O) groups excluding carboxylic acids is 1. The molecule has 1 aromatic carbocycles. The molecule has 2 aromatic heterocycles. The van der Waals surface area contributed by atoms with Crippen molar-refractivity contribution in [1.29, 1.82) is 0 Å². The van der Waals surface area contributed by atoms with Crippen molar-refractivity contribution in [2.45, 2.75) is 39.3 Å². The van der Waals surface area contributed by atoms with Crippen molar-refractivity contribution in [3.05, 3.63) is 50.5 Å². The molecule has 9 nitrogen and oxygen atoms in total. The molecule has 30 heavy (non-hydrogen) atoms. The van der Waals surface area contributed by atoms with Gasteiger partial charge in [0.15, 0.2) is 0 Å². The fourth-order valence-electron chi connectivity index (χ4n) is 3.43. The number of carbonyl (C=O) groups is 1. The summed E-state index contributed by atoms with van der Waals surface area (Å²) in [4.78, 5) is 42.1. The maximum Gasteiger partial charge on any atom is 0.417 e. The number of aromatic nitrogens is 4. The third-order valence-corrected chi connectivity index (χ3v) is 5.52. The third kappa shape index (κ3) is 3.87. The van der Waals surface area contributed by atoms with E-state index in [1.807, 2.05) is 38.1 Å². The van der Waals surface area contributed by atoms with Crippen LogP contribution >= 0.6 is 15.9 Å².